The Hall–Kier alpha value is -1.05. The first kappa shape index (κ1) is 16.3. The fraction of sp³-hybridized carbons (Fsp3) is 0.643. The molecule has 0 bridgehead atoms. The molecule has 1 aromatic heterocycles. The van der Waals surface area contributed by atoms with Gasteiger partial charge in [-0.25, -0.2) is 17.8 Å². The van der Waals surface area contributed by atoms with Gasteiger partial charge in [-0.05, 0) is 57.8 Å². The van der Waals surface area contributed by atoms with Gasteiger partial charge in [-0.3, -0.25) is 0 Å². The Bertz CT molecular complexity index is 571. The molecule has 7 heteroatoms. The minimum atomic E-state index is -3.91. The van der Waals surface area contributed by atoms with Gasteiger partial charge in [0.05, 0.1) is 0 Å². The van der Waals surface area contributed by atoms with Crippen molar-refractivity contribution in [1.82, 2.24) is 14.6 Å². The monoisotopic (exact) mass is 315 g/mol. The number of aromatic nitrogens is 1. The zero-order valence-electron chi connectivity index (χ0n) is 12.4. The molecule has 118 valence electrons. The van der Waals surface area contributed by atoms with Gasteiger partial charge in [0.2, 0.25) is 5.03 Å². The van der Waals surface area contributed by atoms with Crippen LogP contribution in [0.1, 0.15) is 26.7 Å². The van der Waals surface area contributed by atoms with Crippen LogP contribution in [0.4, 0.5) is 4.39 Å². The summed E-state index contributed by atoms with van der Waals surface area (Å²) in [5.41, 5.74) is 0. The van der Waals surface area contributed by atoms with Crippen LogP contribution in [0.5, 0.6) is 0 Å². The second kappa shape index (κ2) is 6.81. The third-order valence-electron chi connectivity index (χ3n) is 3.69. The van der Waals surface area contributed by atoms with Crippen molar-refractivity contribution < 1.29 is 12.8 Å². The molecule has 1 aromatic rings. The highest BCUT2D eigenvalue weighted by atomic mass is 32.2. The predicted octanol–water partition coefficient (Wildman–Crippen LogP) is 1.62. The van der Waals surface area contributed by atoms with Gasteiger partial charge < -0.3 is 5.32 Å². The van der Waals surface area contributed by atoms with Crippen molar-refractivity contribution in [2.75, 3.05) is 19.6 Å². The van der Waals surface area contributed by atoms with Gasteiger partial charge in [-0.15, -0.1) is 0 Å². The number of hydrogen-bond acceptors (Lipinski definition) is 4. The lowest BCUT2D eigenvalue weighted by Crippen LogP contribution is -2.44. The normalized spacial score (nSPS) is 20.1. The zero-order valence-corrected chi connectivity index (χ0v) is 13.2. The summed E-state index contributed by atoms with van der Waals surface area (Å²) < 4.78 is 40.5. The first-order valence-electron chi connectivity index (χ1n) is 7.26. The maximum atomic E-state index is 13.8. The molecule has 0 saturated carbocycles. The fourth-order valence-corrected chi connectivity index (χ4v) is 4.29. The van der Waals surface area contributed by atoms with Crippen LogP contribution in [0.3, 0.4) is 0 Å². The third-order valence-corrected chi connectivity index (χ3v) is 5.67. The van der Waals surface area contributed by atoms with Crippen LogP contribution >= 0.6 is 0 Å². The van der Waals surface area contributed by atoms with Crippen LogP contribution in [-0.2, 0) is 10.0 Å². The van der Waals surface area contributed by atoms with Crippen LogP contribution in [0, 0.1) is 11.7 Å². The average molecular weight is 315 g/mol. The lowest BCUT2D eigenvalue weighted by atomic mass is 9.99. The van der Waals surface area contributed by atoms with Crippen molar-refractivity contribution in [3.05, 3.63) is 24.1 Å². The maximum absolute atomic E-state index is 13.8. The molecule has 0 amide bonds. The van der Waals surface area contributed by atoms with E-state index in [1.54, 1.807) is 13.8 Å². The van der Waals surface area contributed by atoms with Crippen LogP contribution in [0.25, 0.3) is 0 Å². The summed E-state index contributed by atoms with van der Waals surface area (Å²) in [7, 11) is -3.91. The molecule has 5 nitrogen and oxygen atoms in total. The SMILES string of the molecule is CC(C)N(CC1CCCNC1)S(=O)(=O)c1ncccc1F. The fourth-order valence-electron chi connectivity index (χ4n) is 2.59. The molecule has 0 aromatic carbocycles. The molecule has 1 unspecified atom stereocenters. The van der Waals surface area contributed by atoms with E-state index in [9.17, 15) is 12.8 Å². The van der Waals surface area contributed by atoms with Crippen molar-refractivity contribution in [3.8, 4) is 0 Å². The summed E-state index contributed by atoms with van der Waals surface area (Å²) >= 11 is 0. The van der Waals surface area contributed by atoms with E-state index in [4.69, 9.17) is 0 Å². The Kier molecular flexibility index (Phi) is 5.29. The molecule has 0 radical (unpaired) electrons. The summed E-state index contributed by atoms with van der Waals surface area (Å²) in [5, 5.41) is 2.79. The summed E-state index contributed by atoms with van der Waals surface area (Å²) in [6, 6.07) is 2.28. The van der Waals surface area contributed by atoms with E-state index in [0.717, 1.165) is 32.0 Å². The molecule has 2 heterocycles. The van der Waals surface area contributed by atoms with Crippen molar-refractivity contribution in [2.45, 2.75) is 37.8 Å². The molecule has 2 rings (SSSR count). The largest absolute Gasteiger partial charge is 0.316 e. The highest BCUT2D eigenvalue weighted by molar-refractivity contribution is 7.89. The maximum Gasteiger partial charge on any atom is 0.263 e. The Morgan fingerprint density at radius 3 is 2.86 bits per heavy atom. The predicted molar refractivity (Wildman–Crippen MR) is 78.8 cm³/mol. The van der Waals surface area contributed by atoms with E-state index in [1.807, 2.05) is 0 Å². The third kappa shape index (κ3) is 3.78. The summed E-state index contributed by atoms with van der Waals surface area (Å²) in [6.07, 6.45) is 3.32. The van der Waals surface area contributed by atoms with E-state index in [-0.39, 0.29) is 12.0 Å². The molecule has 1 aliphatic heterocycles. The van der Waals surface area contributed by atoms with Gasteiger partial charge in [0.15, 0.2) is 5.82 Å². The van der Waals surface area contributed by atoms with Crippen LogP contribution in [-0.4, -0.2) is 43.4 Å². The summed E-state index contributed by atoms with van der Waals surface area (Å²) in [4.78, 5) is 3.73. The van der Waals surface area contributed by atoms with E-state index >= 15 is 0 Å². The molecule has 1 atom stereocenters. The summed E-state index contributed by atoms with van der Waals surface area (Å²) in [5.74, 6) is -0.549. The topological polar surface area (TPSA) is 62.3 Å². The van der Waals surface area contributed by atoms with Crippen molar-refractivity contribution in [3.63, 3.8) is 0 Å². The first-order chi connectivity index (χ1) is 9.93. The van der Waals surface area contributed by atoms with Crippen LogP contribution in [0.15, 0.2) is 23.4 Å². The quantitative estimate of drug-likeness (QED) is 0.897. The molecular weight excluding hydrogens is 293 g/mol. The van der Waals surface area contributed by atoms with E-state index in [1.165, 1.54) is 16.6 Å². The van der Waals surface area contributed by atoms with Gasteiger partial charge in [-0.2, -0.15) is 4.31 Å². The van der Waals surface area contributed by atoms with E-state index in [0.29, 0.717) is 6.54 Å². The second-order valence-corrected chi connectivity index (χ2v) is 7.48. The Morgan fingerprint density at radius 2 is 2.29 bits per heavy atom. The Balaban J connectivity index is 2.26. The highest BCUT2D eigenvalue weighted by Gasteiger charge is 2.32. The Morgan fingerprint density at radius 1 is 1.52 bits per heavy atom. The number of piperidine rings is 1. The van der Waals surface area contributed by atoms with Gasteiger partial charge in [-0.1, -0.05) is 0 Å². The number of nitrogens with one attached hydrogen (secondary N) is 1. The number of nitrogens with zero attached hydrogens (tertiary/aromatic N) is 2. The lowest BCUT2D eigenvalue weighted by molar-refractivity contribution is 0.262. The number of sulfonamides is 1. The first-order valence-corrected chi connectivity index (χ1v) is 8.70. The van der Waals surface area contributed by atoms with Crippen molar-refractivity contribution in [2.24, 2.45) is 5.92 Å². The molecule has 1 N–H and O–H groups in total. The molecule has 0 spiro atoms. The zero-order chi connectivity index (χ0) is 15.5. The standard InChI is InChI=1S/C14H22FN3O2S/c1-11(2)18(10-12-5-3-7-16-9-12)21(19,20)14-13(15)6-4-8-17-14/h4,6,8,11-12,16H,3,5,7,9-10H2,1-2H3. The molecule has 1 fully saturated rings. The molecular formula is C14H22FN3O2S. The van der Waals surface area contributed by atoms with E-state index in [2.05, 4.69) is 10.3 Å². The lowest BCUT2D eigenvalue weighted by Gasteiger charge is -2.31. The number of pyridine rings is 1. The smallest absolute Gasteiger partial charge is 0.263 e. The minimum absolute atomic E-state index is 0.238. The Labute approximate surface area is 125 Å². The van der Waals surface area contributed by atoms with Crippen LogP contribution in [0.2, 0.25) is 0 Å². The molecule has 21 heavy (non-hydrogen) atoms. The molecule has 0 aliphatic carbocycles. The molecule has 1 saturated heterocycles. The molecule has 1 aliphatic rings. The number of rotatable bonds is 5. The van der Waals surface area contributed by atoms with Gasteiger partial charge in [0.1, 0.15) is 0 Å². The summed E-state index contributed by atoms with van der Waals surface area (Å²) in [6.45, 7) is 5.76. The van der Waals surface area contributed by atoms with Crippen molar-refractivity contribution >= 4 is 10.0 Å². The van der Waals surface area contributed by atoms with Crippen LogP contribution < -0.4 is 5.32 Å². The van der Waals surface area contributed by atoms with Gasteiger partial charge in [0.25, 0.3) is 10.0 Å². The van der Waals surface area contributed by atoms with Gasteiger partial charge >= 0.3 is 0 Å². The average Bonchev–Trinajstić information content (AvgIpc) is 2.45. The number of halogens is 1. The second-order valence-electron chi connectivity index (χ2n) is 5.67. The van der Waals surface area contributed by atoms with E-state index < -0.39 is 20.9 Å². The highest BCUT2D eigenvalue weighted by Crippen LogP contribution is 2.22. The number of hydrogen-bond donors (Lipinski definition) is 1. The van der Waals surface area contributed by atoms with Crippen molar-refractivity contribution in [1.29, 1.82) is 0 Å². The minimum Gasteiger partial charge on any atom is -0.316 e. The van der Waals surface area contributed by atoms with Gasteiger partial charge in [0, 0.05) is 18.8 Å².